The number of nitro benzene ring substituents is 1. The van der Waals surface area contributed by atoms with Gasteiger partial charge in [-0.3, -0.25) is 10.1 Å². The molecular weight excluding hydrogens is 271 g/mol. The fourth-order valence-electron chi connectivity index (χ4n) is 1.65. The molecule has 0 aliphatic rings. The van der Waals surface area contributed by atoms with Crippen molar-refractivity contribution in [2.45, 2.75) is 19.1 Å². The van der Waals surface area contributed by atoms with Gasteiger partial charge in [-0.05, 0) is 24.8 Å². The molecule has 0 aliphatic heterocycles. The number of hydrogen-bond donors (Lipinski definition) is 2. The molecule has 1 aromatic rings. The van der Waals surface area contributed by atoms with Crippen LogP contribution in [-0.4, -0.2) is 34.2 Å². The highest BCUT2D eigenvalue weighted by atomic mass is 32.2. The first-order valence-corrected chi connectivity index (χ1v) is 7.10. The molecule has 0 spiro atoms. The van der Waals surface area contributed by atoms with E-state index in [9.17, 15) is 19.6 Å². The van der Waals surface area contributed by atoms with Crippen LogP contribution in [0.1, 0.15) is 12.5 Å². The zero-order valence-corrected chi connectivity index (χ0v) is 11.7. The maximum Gasteiger partial charge on any atom is 0.304 e. The van der Waals surface area contributed by atoms with Crippen molar-refractivity contribution in [3.63, 3.8) is 0 Å². The first-order valence-electron chi connectivity index (χ1n) is 5.70. The van der Waals surface area contributed by atoms with Gasteiger partial charge in [-0.1, -0.05) is 6.07 Å². The van der Waals surface area contributed by atoms with Crippen LogP contribution in [0.15, 0.2) is 18.2 Å². The molecule has 1 aromatic carbocycles. The van der Waals surface area contributed by atoms with Gasteiger partial charge in [-0.25, -0.2) is 0 Å². The van der Waals surface area contributed by atoms with E-state index in [1.807, 2.05) is 6.26 Å². The minimum absolute atomic E-state index is 0.347. The van der Waals surface area contributed by atoms with E-state index in [1.165, 1.54) is 17.8 Å². The van der Waals surface area contributed by atoms with E-state index in [2.05, 4.69) is 5.32 Å². The van der Waals surface area contributed by atoms with Crippen molar-refractivity contribution in [1.29, 1.82) is 0 Å². The van der Waals surface area contributed by atoms with Gasteiger partial charge in [0.2, 0.25) is 5.82 Å². The van der Waals surface area contributed by atoms with Crippen LogP contribution >= 0.6 is 11.8 Å². The zero-order chi connectivity index (χ0) is 14.5. The normalized spacial score (nSPS) is 14.1. The molecule has 0 aromatic heterocycles. The quantitative estimate of drug-likeness (QED) is 0.592. The lowest BCUT2D eigenvalue weighted by atomic mass is 10.1. The van der Waals surface area contributed by atoms with Crippen LogP contribution in [-0.2, 0) is 6.54 Å². The van der Waals surface area contributed by atoms with E-state index in [0.717, 1.165) is 12.1 Å². The number of rotatable bonds is 7. The summed E-state index contributed by atoms with van der Waals surface area (Å²) in [6.07, 6.45) is 1.90. The summed E-state index contributed by atoms with van der Waals surface area (Å²) in [5.74, 6) is -0.255. The maximum absolute atomic E-state index is 13.4. The fourth-order valence-corrected chi connectivity index (χ4v) is 2.37. The average molecular weight is 288 g/mol. The van der Waals surface area contributed by atoms with E-state index in [-0.39, 0.29) is 0 Å². The lowest BCUT2D eigenvalue weighted by Crippen LogP contribution is -2.39. The van der Waals surface area contributed by atoms with Crippen LogP contribution in [0, 0.1) is 15.9 Å². The Morgan fingerprint density at radius 2 is 2.26 bits per heavy atom. The number of thioether (sulfide) groups is 1. The number of aliphatic hydroxyl groups is 1. The summed E-state index contributed by atoms with van der Waals surface area (Å²) in [6, 6.07) is 3.78. The molecule has 1 unspecified atom stereocenters. The molecule has 19 heavy (non-hydrogen) atoms. The third-order valence-electron chi connectivity index (χ3n) is 2.50. The van der Waals surface area contributed by atoms with Crippen molar-refractivity contribution in [2.24, 2.45) is 0 Å². The molecule has 7 heteroatoms. The predicted octanol–water partition coefficient (Wildman–Crippen LogP) is 1.94. The topological polar surface area (TPSA) is 75.4 Å². The van der Waals surface area contributed by atoms with Gasteiger partial charge in [-0.15, -0.1) is 0 Å². The van der Waals surface area contributed by atoms with Crippen LogP contribution in [0.25, 0.3) is 0 Å². The van der Waals surface area contributed by atoms with Gasteiger partial charge in [-0.2, -0.15) is 16.2 Å². The van der Waals surface area contributed by atoms with Crippen LogP contribution < -0.4 is 5.32 Å². The lowest BCUT2D eigenvalue weighted by Gasteiger charge is -2.22. The standard InChI is InChI=1S/C12H17FN2O3S/c1-12(16,8-19-2)7-14-6-9-3-4-11(15(17)18)10(13)5-9/h3-5,14,16H,6-8H2,1-2H3. The molecule has 0 radical (unpaired) electrons. The fraction of sp³-hybridized carbons (Fsp3) is 0.500. The highest BCUT2D eigenvalue weighted by Gasteiger charge is 2.19. The predicted molar refractivity (Wildman–Crippen MR) is 73.8 cm³/mol. The van der Waals surface area contributed by atoms with Gasteiger partial charge in [0.1, 0.15) is 0 Å². The van der Waals surface area contributed by atoms with E-state index >= 15 is 0 Å². The molecule has 106 valence electrons. The van der Waals surface area contributed by atoms with Crippen LogP contribution in [0.5, 0.6) is 0 Å². The highest BCUT2D eigenvalue weighted by molar-refractivity contribution is 7.98. The molecule has 5 nitrogen and oxygen atoms in total. The molecule has 0 saturated heterocycles. The number of nitro groups is 1. The van der Waals surface area contributed by atoms with Crippen molar-refractivity contribution in [3.8, 4) is 0 Å². The molecule has 0 fully saturated rings. The van der Waals surface area contributed by atoms with E-state index in [0.29, 0.717) is 24.4 Å². The first-order chi connectivity index (χ1) is 8.85. The van der Waals surface area contributed by atoms with Crippen LogP contribution in [0.3, 0.4) is 0 Å². The lowest BCUT2D eigenvalue weighted by molar-refractivity contribution is -0.387. The van der Waals surface area contributed by atoms with Crippen molar-refractivity contribution in [3.05, 3.63) is 39.7 Å². The number of benzene rings is 1. The van der Waals surface area contributed by atoms with Gasteiger partial charge in [0.15, 0.2) is 0 Å². The van der Waals surface area contributed by atoms with E-state index in [4.69, 9.17) is 0 Å². The first kappa shape index (κ1) is 15.9. The van der Waals surface area contributed by atoms with Gasteiger partial charge in [0.05, 0.1) is 10.5 Å². The van der Waals surface area contributed by atoms with Crippen molar-refractivity contribution in [2.75, 3.05) is 18.6 Å². The molecule has 2 N–H and O–H groups in total. The second kappa shape index (κ2) is 6.83. The summed E-state index contributed by atoms with van der Waals surface area (Å²) in [5.41, 5.74) is -0.764. The Labute approximate surface area is 115 Å². The smallest absolute Gasteiger partial charge is 0.304 e. The Kier molecular flexibility index (Phi) is 5.71. The molecule has 1 atom stereocenters. The second-order valence-electron chi connectivity index (χ2n) is 4.58. The van der Waals surface area contributed by atoms with Gasteiger partial charge in [0, 0.05) is 24.9 Å². The zero-order valence-electron chi connectivity index (χ0n) is 10.9. The summed E-state index contributed by atoms with van der Waals surface area (Å²) in [6.45, 7) is 2.43. The van der Waals surface area contributed by atoms with Gasteiger partial charge >= 0.3 is 5.69 Å². The summed E-state index contributed by atoms with van der Waals surface area (Å²) in [7, 11) is 0. The summed E-state index contributed by atoms with van der Waals surface area (Å²) >= 11 is 1.54. The monoisotopic (exact) mass is 288 g/mol. The minimum Gasteiger partial charge on any atom is -0.388 e. The van der Waals surface area contributed by atoms with Crippen LogP contribution in [0.2, 0.25) is 0 Å². The summed E-state index contributed by atoms with van der Waals surface area (Å²) < 4.78 is 13.4. The van der Waals surface area contributed by atoms with Gasteiger partial charge < -0.3 is 10.4 Å². The Balaban J connectivity index is 2.55. The van der Waals surface area contributed by atoms with E-state index in [1.54, 1.807) is 6.92 Å². The largest absolute Gasteiger partial charge is 0.388 e. The second-order valence-corrected chi connectivity index (χ2v) is 5.44. The Bertz CT molecular complexity index is 455. The third kappa shape index (κ3) is 5.14. The SMILES string of the molecule is CSCC(C)(O)CNCc1ccc([N+](=O)[O-])c(F)c1. The highest BCUT2D eigenvalue weighted by Crippen LogP contribution is 2.18. The van der Waals surface area contributed by atoms with Gasteiger partial charge in [0.25, 0.3) is 0 Å². The van der Waals surface area contributed by atoms with E-state index < -0.39 is 22.0 Å². The molecule has 0 amide bonds. The molecule has 0 heterocycles. The number of nitrogens with zero attached hydrogens (tertiary/aromatic N) is 1. The van der Waals surface area contributed by atoms with Crippen molar-refractivity contribution >= 4 is 17.4 Å². The number of nitrogens with one attached hydrogen (secondary N) is 1. The Morgan fingerprint density at radius 3 is 2.79 bits per heavy atom. The van der Waals surface area contributed by atoms with Crippen molar-refractivity contribution in [1.82, 2.24) is 5.32 Å². The Morgan fingerprint density at radius 1 is 1.58 bits per heavy atom. The number of halogens is 1. The molecule has 1 rings (SSSR count). The molecular formula is C12H17FN2O3S. The summed E-state index contributed by atoms with van der Waals surface area (Å²) in [5, 5.41) is 23.4. The van der Waals surface area contributed by atoms with Crippen molar-refractivity contribution < 1.29 is 14.4 Å². The molecule has 0 bridgehead atoms. The molecule has 0 saturated carbocycles. The Hall–Kier alpha value is -1.18. The third-order valence-corrected chi connectivity index (χ3v) is 3.41. The molecule has 0 aliphatic carbocycles. The van der Waals surface area contributed by atoms with Crippen LogP contribution in [0.4, 0.5) is 10.1 Å². The number of hydrogen-bond acceptors (Lipinski definition) is 5. The average Bonchev–Trinajstić information content (AvgIpc) is 2.28. The minimum atomic E-state index is -0.847. The maximum atomic E-state index is 13.4. The summed E-state index contributed by atoms with van der Waals surface area (Å²) in [4.78, 5) is 9.71.